The van der Waals surface area contributed by atoms with Crippen LogP contribution in [0.4, 0.5) is 4.39 Å². The first kappa shape index (κ1) is 36.2. The Hall–Kier alpha value is -4.07. The van der Waals surface area contributed by atoms with E-state index in [2.05, 4.69) is 33.9 Å². The molecule has 0 bridgehead atoms. The molecule has 0 radical (unpaired) electrons. The van der Waals surface area contributed by atoms with Crippen LogP contribution in [0.25, 0.3) is 0 Å². The van der Waals surface area contributed by atoms with Crippen molar-refractivity contribution in [2.75, 3.05) is 27.4 Å². The van der Waals surface area contributed by atoms with Crippen molar-refractivity contribution in [3.8, 4) is 11.5 Å². The van der Waals surface area contributed by atoms with Gasteiger partial charge < -0.3 is 28.5 Å². The molecule has 0 aliphatic carbocycles. The monoisotopic (exact) mass is 692 g/mol. The smallest absolute Gasteiger partial charge is 0.330 e. The summed E-state index contributed by atoms with van der Waals surface area (Å²) in [6.45, 7) is 9.71. The Morgan fingerprint density at radius 1 is 0.918 bits per heavy atom. The number of aromatic amines is 1. The number of halogens is 1. The molecule has 2 heterocycles. The van der Waals surface area contributed by atoms with Gasteiger partial charge in [-0.05, 0) is 59.1 Å². The van der Waals surface area contributed by atoms with Gasteiger partial charge in [-0.1, -0.05) is 75.4 Å². The number of aliphatic hydroxyl groups excluding tert-OH is 1. The van der Waals surface area contributed by atoms with Crippen LogP contribution in [0.15, 0.2) is 94.6 Å². The lowest BCUT2D eigenvalue weighted by Gasteiger charge is -2.44. The molecule has 0 amide bonds. The Kier molecular flexibility index (Phi) is 10.4. The molecule has 10 nitrogen and oxygen atoms in total. The fourth-order valence-corrected chi connectivity index (χ4v) is 7.32. The molecule has 12 heteroatoms. The second-order valence-corrected chi connectivity index (χ2v) is 18.6. The Labute approximate surface area is 286 Å². The quantitative estimate of drug-likeness (QED) is 0.143. The number of methoxy groups -OCH3 is 2. The number of benzene rings is 3. The summed E-state index contributed by atoms with van der Waals surface area (Å²) in [4.78, 5) is 26.8. The van der Waals surface area contributed by atoms with Gasteiger partial charge in [0.15, 0.2) is 8.32 Å². The molecule has 1 saturated heterocycles. The molecule has 0 spiro atoms. The minimum atomic E-state index is -2.52. The molecule has 4 aromatic rings. The number of aromatic nitrogens is 2. The number of H-pyrrole nitrogens is 1. The van der Waals surface area contributed by atoms with Crippen molar-refractivity contribution in [2.45, 2.75) is 68.9 Å². The highest BCUT2D eigenvalue weighted by Crippen LogP contribution is 2.47. The van der Waals surface area contributed by atoms with Gasteiger partial charge in [-0.15, -0.1) is 0 Å². The second kappa shape index (κ2) is 14.0. The lowest BCUT2D eigenvalue weighted by Crippen LogP contribution is -2.55. The van der Waals surface area contributed by atoms with Gasteiger partial charge in [0.05, 0.1) is 39.7 Å². The maximum Gasteiger partial charge on any atom is 0.330 e. The molecule has 3 aromatic carbocycles. The molecule has 0 unspecified atom stereocenters. The maximum atomic E-state index is 14.5. The van der Waals surface area contributed by atoms with Crippen LogP contribution in [-0.4, -0.2) is 62.1 Å². The molecule has 0 saturated carbocycles. The van der Waals surface area contributed by atoms with Crippen molar-refractivity contribution >= 4 is 8.32 Å². The van der Waals surface area contributed by atoms with Crippen molar-refractivity contribution in [1.82, 2.24) is 9.55 Å². The van der Waals surface area contributed by atoms with Gasteiger partial charge in [0.2, 0.25) is 5.82 Å². The summed E-state index contributed by atoms with van der Waals surface area (Å²) < 4.78 is 47.1. The summed E-state index contributed by atoms with van der Waals surface area (Å²) in [6.07, 6.45) is -0.930. The molecular weight excluding hydrogens is 647 g/mol. The lowest BCUT2D eigenvalue weighted by molar-refractivity contribution is -0.176. The van der Waals surface area contributed by atoms with Gasteiger partial charge in [0.1, 0.15) is 28.9 Å². The highest BCUT2D eigenvalue weighted by Gasteiger charge is 2.55. The fourth-order valence-electron chi connectivity index (χ4n) is 5.94. The third-order valence-corrected chi connectivity index (χ3v) is 14.3. The zero-order valence-corrected chi connectivity index (χ0v) is 30.0. The van der Waals surface area contributed by atoms with Gasteiger partial charge in [0.25, 0.3) is 5.56 Å². The van der Waals surface area contributed by atoms with E-state index in [0.29, 0.717) is 11.5 Å². The first-order valence-corrected chi connectivity index (χ1v) is 19.1. The normalized spacial score (nSPS) is 19.9. The minimum Gasteiger partial charge on any atom is -0.497 e. The second-order valence-electron chi connectivity index (χ2n) is 13.8. The van der Waals surface area contributed by atoms with Gasteiger partial charge >= 0.3 is 5.69 Å². The fraction of sp³-hybridized carbons (Fsp3) is 0.405. The molecule has 1 aromatic heterocycles. The summed E-state index contributed by atoms with van der Waals surface area (Å²) in [5.74, 6) is 0.191. The van der Waals surface area contributed by atoms with Crippen LogP contribution < -0.4 is 20.7 Å². The van der Waals surface area contributed by atoms with E-state index in [1.807, 2.05) is 83.8 Å². The van der Waals surface area contributed by atoms with E-state index in [0.717, 1.165) is 27.5 Å². The predicted molar refractivity (Wildman–Crippen MR) is 186 cm³/mol. The van der Waals surface area contributed by atoms with E-state index in [-0.39, 0.29) is 18.1 Å². The average Bonchev–Trinajstić information content (AvgIpc) is 3.44. The van der Waals surface area contributed by atoms with Crippen LogP contribution in [0.1, 0.15) is 50.1 Å². The average molecular weight is 693 g/mol. The van der Waals surface area contributed by atoms with E-state index < -0.39 is 55.5 Å². The molecule has 1 fully saturated rings. The third-order valence-electron chi connectivity index (χ3n) is 9.82. The van der Waals surface area contributed by atoms with Crippen molar-refractivity contribution in [3.63, 3.8) is 0 Å². The number of nitrogens with zero attached hydrogens (tertiary/aromatic N) is 1. The zero-order valence-electron chi connectivity index (χ0n) is 29.0. The summed E-state index contributed by atoms with van der Waals surface area (Å²) in [7, 11) is 0.675. The van der Waals surface area contributed by atoms with Gasteiger partial charge in [-0.3, -0.25) is 14.3 Å². The number of hydrogen-bond acceptors (Lipinski definition) is 8. The highest BCUT2D eigenvalue weighted by molar-refractivity contribution is 6.74. The largest absolute Gasteiger partial charge is 0.497 e. The first-order chi connectivity index (χ1) is 23.2. The van der Waals surface area contributed by atoms with E-state index in [1.54, 1.807) is 14.2 Å². The maximum absolute atomic E-state index is 14.5. The van der Waals surface area contributed by atoms with E-state index in [1.165, 1.54) is 0 Å². The van der Waals surface area contributed by atoms with Crippen LogP contribution in [0.3, 0.4) is 0 Å². The Morgan fingerprint density at radius 3 is 1.94 bits per heavy atom. The highest BCUT2D eigenvalue weighted by atomic mass is 28.4. The Bertz CT molecular complexity index is 1790. The predicted octanol–water partition coefficient (Wildman–Crippen LogP) is 5.74. The molecule has 49 heavy (non-hydrogen) atoms. The van der Waals surface area contributed by atoms with Crippen molar-refractivity contribution in [3.05, 3.63) is 128 Å². The van der Waals surface area contributed by atoms with Crippen molar-refractivity contribution < 1.29 is 32.9 Å². The van der Waals surface area contributed by atoms with Crippen LogP contribution >= 0.6 is 0 Å². The molecule has 1 aliphatic heterocycles. The van der Waals surface area contributed by atoms with Crippen LogP contribution in [0.2, 0.25) is 18.1 Å². The number of hydrogen-bond donors (Lipinski definition) is 2. The molecule has 1 aliphatic rings. The summed E-state index contributed by atoms with van der Waals surface area (Å²) in [6, 6.07) is 24.8. The topological polar surface area (TPSA) is 121 Å². The van der Waals surface area contributed by atoms with E-state index >= 15 is 0 Å². The summed E-state index contributed by atoms with van der Waals surface area (Å²) in [5.41, 5.74) is -2.38. The van der Waals surface area contributed by atoms with Gasteiger partial charge in [0, 0.05) is 6.42 Å². The van der Waals surface area contributed by atoms with E-state index in [4.69, 9.17) is 23.4 Å². The minimum absolute atomic E-state index is 0.0885. The molecule has 3 atom stereocenters. The third kappa shape index (κ3) is 7.01. The van der Waals surface area contributed by atoms with E-state index in [9.17, 15) is 19.1 Å². The lowest BCUT2D eigenvalue weighted by atomic mass is 9.79. The number of rotatable bonds is 12. The van der Waals surface area contributed by atoms with Crippen LogP contribution in [0, 0.1) is 5.82 Å². The molecule has 5 rings (SSSR count). The number of ether oxygens (including phenoxy) is 4. The summed E-state index contributed by atoms with van der Waals surface area (Å²) >= 11 is 0. The SMILES string of the molecule is COc1ccc(C(OC[C@]2(CO)O[C@@H](n3cc(F)c(=O)[nH]c3=O)C[C@@H]2O[Si](C)(C)C(C)(C)C)(c2ccccc2)c2ccc(OC)cc2)cc1. The number of aliphatic hydroxyl groups is 1. The van der Waals surface area contributed by atoms with Gasteiger partial charge in [-0.2, -0.15) is 4.39 Å². The molecular formula is C37H45FN2O8Si. The van der Waals surface area contributed by atoms with Crippen LogP contribution in [0.5, 0.6) is 11.5 Å². The zero-order chi connectivity index (χ0) is 35.6. The number of nitrogens with one attached hydrogen (secondary N) is 1. The van der Waals surface area contributed by atoms with Crippen molar-refractivity contribution in [1.29, 1.82) is 0 Å². The first-order valence-electron chi connectivity index (χ1n) is 16.2. The van der Waals surface area contributed by atoms with Crippen LogP contribution in [-0.2, 0) is 19.5 Å². The standard InChI is InChI=1S/C37H45FN2O8Si/c1-35(2,3)49(6,7)48-31-21-32(40-22-30(38)33(42)39-34(40)43)47-36(31,23-41)24-46-37(25-11-9-8-10-12-25,26-13-17-28(44-4)18-14-26)27-15-19-29(45-5)20-16-27/h8-20,22,31-32,41H,21,23-24H2,1-7H3,(H,39,42,43)/t31-,32+,36-/m0/s1. The Morgan fingerprint density at radius 2 is 1.45 bits per heavy atom. The van der Waals surface area contributed by atoms with Crippen molar-refractivity contribution in [2.24, 2.45) is 0 Å². The van der Waals surface area contributed by atoms with Gasteiger partial charge in [-0.25, -0.2) is 4.79 Å². The molecule has 2 N–H and O–H groups in total. The summed E-state index contributed by atoms with van der Waals surface area (Å²) in [5, 5.41) is 11.0. The Balaban J connectivity index is 1.67. The molecule has 262 valence electrons.